The zero-order chi connectivity index (χ0) is 27.9. The summed E-state index contributed by atoms with van der Waals surface area (Å²) in [4.78, 5) is 47.6. The lowest BCUT2D eigenvalue weighted by Crippen LogP contribution is -2.54. The molecule has 2 unspecified atom stereocenters. The van der Waals surface area contributed by atoms with Crippen LogP contribution in [0.15, 0.2) is 47.7 Å². The van der Waals surface area contributed by atoms with Crippen LogP contribution in [0.1, 0.15) is 56.9 Å². The monoisotopic (exact) mass is 547 g/mol. The number of carbonyl (C=O) groups is 2. The average molecular weight is 548 g/mol. The van der Waals surface area contributed by atoms with Gasteiger partial charge in [0.05, 0.1) is 30.1 Å². The first kappa shape index (κ1) is 26.7. The number of fused-ring (bicyclic) bond motifs is 1. The van der Waals surface area contributed by atoms with Gasteiger partial charge in [0.1, 0.15) is 6.33 Å². The smallest absolute Gasteiger partial charge is 0.262 e. The number of benzene rings is 1. The van der Waals surface area contributed by atoms with Crippen molar-refractivity contribution in [2.75, 3.05) is 19.6 Å². The third-order valence-corrected chi connectivity index (χ3v) is 9.09. The number of aliphatic hydroxyl groups is 2. The number of likely N-dealkylation sites (tertiary alicyclic amines) is 2. The molecule has 212 valence electrons. The molecule has 2 aliphatic heterocycles. The van der Waals surface area contributed by atoms with Crippen LogP contribution >= 0.6 is 0 Å². The summed E-state index contributed by atoms with van der Waals surface area (Å²) in [6.07, 6.45) is 9.22. The summed E-state index contributed by atoms with van der Waals surface area (Å²) in [7, 11) is 0. The number of nitrogens with zero attached hydrogens (tertiary/aromatic N) is 5. The predicted molar refractivity (Wildman–Crippen MR) is 149 cm³/mol. The Morgan fingerprint density at radius 2 is 1.75 bits per heavy atom. The molecule has 3 aromatic rings. The molecule has 4 heterocycles. The number of rotatable bonds is 6. The molecule has 10 heteroatoms. The van der Waals surface area contributed by atoms with Crippen molar-refractivity contribution in [3.63, 3.8) is 0 Å². The molecule has 0 bridgehead atoms. The summed E-state index contributed by atoms with van der Waals surface area (Å²) in [5.74, 6) is 0.101. The minimum absolute atomic E-state index is 0.00615. The molecule has 2 atom stereocenters. The zero-order valence-electron chi connectivity index (χ0n) is 22.7. The van der Waals surface area contributed by atoms with Gasteiger partial charge in [0.15, 0.2) is 5.65 Å². The van der Waals surface area contributed by atoms with Gasteiger partial charge in [-0.1, -0.05) is 25.0 Å². The summed E-state index contributed by atoms with van der Waals surface area (Å²) in [5, 5.41) is 21.2. The van der Waals surface area contributed by atoms with E-state index >= 15 is 0 Å². The Kier molecular flexibility index (Phi) is 7.22. The molecule has 3 fully saturated rings. The topological polar surface area (TPSA) is 121 Å². The molecule has 2 amide bonds. The van der Waals surface area contributed by atoms with Gasteiger partial charge in [0.25, 0.3) is 5.56 Å². The van der Waals surface area contributed by atoms with Crippen LogP contribution in [-0.4, -0.2) is 77.2 Å². The number of aliphatic hydroxyl groups excluding tert-OH is 1. The van der Waals surface area contributed by atoms with E-state index in [0.29, 0.717) is 43.4 Å². The van der Waals surface area contributed by atoms with E-state index in [2.05, 4.69) is 4.98 Å². The number of hydrogen-bond donors (Lipinski definition) is 2. The Morgan fingerprint density at radius 1 is 1.00 bits per heavy atom. The van der Waals surface area contributed by atoms with Crippen LogP contribution in [0.2, 0.25) is 0 Å². The minimum Gasteiger partial charge on any atom is -0.392 e. The quantitative estimate of drug-likeness (QED) is 0.488. The Labute approximate surface area is 232 Å². The van der Waals surface area contributed by atoms with Gasteiger partial charge in [-0.3, -0.25) is 19.0 Å². The van der Waals surface area contributed by atoms with Gasteiger partial charge in [0.2, 0.25) is 11.8 Å². The molecule has 0 spiro atoms. The average Bonchev–Trinajstić information content (AvgIpc) is 3.61. The van der Waals surface area contributed by atoms with Gasteiger partial charge in [-0.25, -0.2) is 4.98 Å². The van der Waals surface area contributed by atoms with Gasteiger partial charge in [-0.05, 0) is 55.9 Å². The lowest BCUT2D eigenvalue weighted by atomic mass is 9.81. The van der Waals surface area contributed by atoms with Crippen molar-refractivity contribution in [1.82, 2.24) is 23.9 Å². The van der Waals surface area contributed by atoms with Gasteiger partial charge in [-0.2, -0.15) is 0 Å². The number of aromatic nitrogens is 3. The standard InChI is InChI=1S/C30H37N5O5/c36-18-21-7-9-22(10-8-21)34-15-11-24-27(34)31-20-33(29(24)39)19-30(40)12-16-32(17-13-30)28(38)23-4-1-2-5-25(23)35-14-3-6-26(35)37/h7-11,15,20,23,25,36,40H,1-6,12-14,16-19H2. The van der Waals surface area contributed by atoms with Crippen molar-refractivity contribution >= 4 is 22.8 Å². The van der Waals surface area contributed by atoms with Crippen molar-refractivity contribution in [1.29, 1.82) is 0 Å². The minimum atomic E-state index is -1.12. The fourth-order valence-electron chi connectivity index (χ4n) is 6.78. The van der Waals surface area contributed by atoms with Crippen molar-refractivity contribution in [3.8, 4) is 5.69 Å². The maximum Gasteiger partial charge on any atom is 0.262 e. The van der Waals surface area contributed by atoms with Gasteiger partial charge in [-0.15, -0.1) is 0 Å². The fourth-order valence-corrected chi connectivity index (χ4v) is 6.78. The molecule has 2 aromatic heterocycles. The van der Waals surface area contributed by atoms with Crippen LogP contribution in [0.3, 0.4) is 0 Å². The second-order valence-corrected chi connectivity index (χ2v) is 11.6. The molecule has 1 saturated carbocycles. The van der Waals surface area contributed by atoms with Crippen LogP contribution < -0.4 is 5.56 Å². The molecule has 6 rings (SSSR count). The van der Waals surface area contributed by atoms with Gasteiger partial charge >= 0.3 is 0 Å². The maximum absolute atomic E-state index is 13.6. The van der Waals surface area contributed by atoms with Crippen LogP contribution in [0.25, 0.3) is 16.7 Å². The van der Waals surface area contributed by atoms with E-state index in [1.54, 1.807) is 12.3 Å². The Balaban J connectivity index is 1.13. The summed E-state index contributed by atoms with van der Waals surface area (Å²) in [5.41, 5.74) is 0.834. The Morgan fingerprint density at radius 3 is 2.45 bits per heavy atom. The van der Waals surface area contributed by atoms with E-state index in [0.717, 1.165) is 49.9 Å². The molecule has 1 aliphatic carbocycles. The first-order valence-electron chi connectivity index (χ1n) is 14.4. The summed E-state index contributed by atoms with van der Waals surface area (Å²) in [6.45, 7) is 1.68. The van der Waals surface area contributed by atoms with Crippen molar-refractivity contribution in [2.24, 2.45) is 5.92 Å². The molecule has 1 aromatic carbocycles. The van der Waals surface area contributed by atoms with Crippen LogP contribution in [0, 0.1) is 5.92 Å². The molecule has 0 radical (unpaired) electrons. The first-order valence-corrected chi connectivity index (χ1v) is 14.4. The lowest BCUT2D eigenvalue weighted by molar-refractivity contribution is -0.145. The molecule has 2 N–H and O–H groups in total. The normalized spacial score (nSPS) is 23.2. The first-order chi connectivity index (χ1) is 19.4. The molecular formula is C30H37N5O5. The van der Waals surface area contributed by atoms with E-state index in [4.69, 9.17) is 0 Å². The van der Waals surface area contributed by atoms with Crippen molar-refractivity contribution in [3.05, 3.63) is 58.8 Å². The number of piperidine rings is 1. The fraction of sp³-hybridized carbons (Fsp3) is 0.533. The summed E-state index contributed by atoms with van der Waals surface area (Å²) in [6, 6.07) is 9.12. The lowest BCUT2D eigenvalue weighted by Gasteiger charge is -2.43. The SMILES string of the molecule is O=C(C1CCCCC1N1CCCC1=O)N1CCC(O)(Cn2cnc3c(ccn3-c3ccc(CO)cc3)c2=O)CC1. The Hall–Kier alpha value is -3.50. The van der Waals surface area contributed by atoms with Crippen molar-refractivity contribution in [2.45, 2.75) is 76.2 Å². The largest absolute Gasteiger partial charge is 0.392 e. The summed E-state index contributed by atoms with van der Waals surface area (Å²) < 4.78 is 3.30. The van der Waals surface area contributed by atoms with E-state index in [1.807, 2.05) is 38.6 Å². The van der Waals surface area contributed by atoms with Crippen molar-refractivity contribution < 1.29 is 19.8 Å². The highest BCUT2D eigenvalue weighted by atomic mass is 16.3. The molecule has 3 aliphatic rings. The molecule has 40 heavy (non-hydrogen) atoms. The van der Waals surface area contributed by atoms with E-state index in [-0.39, 0.29) is 42.5 Å². The zero-order valence-corrected chi connectivity index (χ0v) is 22.7. The second kappa shape index (κ2) is 10.8. The Bertz CT molecular complexity index is 1450. The van der Waals surface area contributed by atoms with Crippen LogP contribution in [0.5, 0.6) is 0 Å². The van der Waals surface area contributed by atoms with E-state index in [9.17, 15) is 24.6 Å². The third kappa shape index (κ3) is 4.94. The van der Waals surface area contributed by atoms with E-state index < -0.39 is 5.60 Å². The highest BCUT2D eigenvalue weighted by molar-refractivity contribution is 5.83. The molecule has 2 saturated heterocycles. The highest BCUT2D eigenvalue weighted by Gasteiger charge is 2.42. The number of hydrogen-bond acceptors (Lipinski definition) is 6. The van der Waals surface area contributed by atoms with Gasteiger partial charge in [0, 0.05) is 44.0 Å². The highest BCUT2D eigenvalue weighted by Crippen LogP contribution is 2.34. The predicted octanol–water partition coefficient (Wildman–Crippen LogP) is 2.21. The summed E-state index contributed by atoms with van der Waals surface area (Å²) >= 11 is 0. The maximum atomic E-state index is 13.6. The number of carbonyl (C=O) groups excluding carboxylic acids is 2. The second-order valence-electron chi connectivity index (χ2n) is 11.6. The van der Waals surface area contributed by atoms with Crippen LogP contribution in [-0.2, 0) is 22.7 Å². The number of amides is 2. The third-order valence-electron chi connectivity index (χ3n) is 9.09. The molecule has 10 nitrogen and oxygen atoms in total. The molecular weight excluding hydrogens is 510 g/mol. The van der Waals surface area contributed by atoms with Gasteiger partial charge < -0.3 is 24.6 Å². The van der Waals surface area contributed by atoms with E-state index in [1.165, 1.54) is 10.9 Å². The van der Waals surface area contributed by atoms with Crippen LogP contribution in [0.4, 0.5) is 0 Å².